The van der Waals surface area contributed by atoms with Crippen LogP contribution in [0.25, 0.3) is 0 Å². The molecule has 0 atom stereocenters. The number of carbonyl (C=O) groups is 1. The molecule has 1 saturated carbocycles. The van der Waals surface area contributed by atoms with Crippen LogP contribution in [0.3, 0.4) is 0 Å². The maximum absolute atomic E-state index is 10.9. The summed E-state index contributed by atoms with van der Waals surface area (Å²) in [4.78, 5) is 10.9. The molecule has 0 aromatic rings. The Morgan fingerprint density at radius 3 is 2.33 bits per heavy atom. The van der Waals surface area contributed by atoms with Gasteiger partial charge in [0.1, 0.15) is 0 Å². The average Bonchev–Trinajstić information content (AvgIpc) is 2.33. The molecule has 0 heterocycles. The van der Waals surface area contributed by atoms with Gasteiger partial charge >= 0.3 is 0 Å². The van der Waals surface area contributed by atoms with Crippen molar-refractivity contribution in [2.75, 3.05) is 6.54 Å². The molecule has 0 unspecified atom stereocenters. The predicted molar refractivity (Wildman–Crippen MR) is 47.6 cm³/mol. The van der Waals surface area contributed by atoms with E-state index in [1.807, 2.05) is 0 Å². The van der Waals surface area contributed by atoms with Crippen LogP contribution in [0.15, 0.2) is 0 Å². The van der Waals surface area contributed by atoms with Crippen molar-refractivity contribution in [3.8, 4) is 0 Å². The van der Waals surface area contributed by atoms with Gasteiger partial charge < -0.3 is 5.32 Å². The van der Waals surface area contributed by atoms with Gasteiger partial charge in [-0.2, -0.15) is 0 Å². The lowest BCUT2D eigenvalue weighted by Crippen LogP contribution is -2.36. The van der Waals surface area contributed by atoms with Gasteiger partial charge in [0.2, 0.25) is 5.91 Å². The minimum atomic E-state index is -0.128. The predicted octanol–water partition coefficient (Wildman–Crippen LogP) is 1.11. The van der Waals surface area contributed by atoms with E-state index in [0.717, 1.165) is 12.8 Å². The van der Waals surface area contributed by atoms with Crippen molar-refractivity contribution in [3.05, 3.63) is 0 Å². The van der Waals surface area contributed by atoms with Crippen molar-refractivity contribution in [2.24, 2.45) is 0 Å². The molecular weight excluding hydrogens is 152 g/mol. The molecule has 0 saturated heterocycles. The van der Waals surface area contributed by atoms with Crippen molar-refractivity contribution >= 4 is 5.91 Å². The van der Waals surface area contributed by atoms with Crippen LogP contribution in [0, 0.1) is 0 Å². The summed E-state index contributed by atoms with van der Waals surface area (Å²) in [6.07, 6.45) is 7.25. The molecule has 12 heavy (non-hydrogen) atoms. The molecule has 69 valence electrons. The molecule has 1 aliphatic rings. The Kier molecular flexibility index (Phi) is 4.08. The molecule has 1 rings (SSSR count). The SMILES string of the molecule is [NH]CC(=O)NC1CCCCCC1. The fourth-order valence-electron chi connectivity index (χ4n) is 1.70. The van der Waals surface area contributed by atoms with E-state index in [1.54, 1.807) is 0 Å². The van der Waals surface area contributed by atoms with E-state index in [-0.39, 0.29) is 12.5 Å². The Hall–Kier alpha value is -0.570. The summed E-state index contributed by atoms with van der Waals surface area (Å²) in [5.41, 5.74) is 6.87. The zero-order valence-corrected chi connectivity index (χ0v) is 7.44. The molecule has 0 aliphatic heterocycles. The van der Waals surface area contributed by atoms with E-state index in [0.29, 0.717) is 6.04 Å². The molecule has 0 spiro atoms. The van der Waals surface area contributed by atoms with Crippen LogP contribution in [0.4, 0.5) is 0 Å². The van der Waals surface area contributed by atoms with Gasteiger partial charge in [0, 0.05) is 6.04 Å². The molecule has 0 bridgehead atoms. The average molecular weight is 169 g/mol. The molecule has 1 radical (unpaired) electrons. The van der Waals surface area contributed by atoms with Gasteiger partial charge in [-0.25, -0.2) is 5.73 Å². The third-order valence-corrected chi connectivity index (χ3v) is 2.38. The van der Waals surface area contributed by atoms with Crippen LogP contribution < -0.4 is 11.1 Å². The van der Waals surface area contributed by atoms with Gasteiger partial charge in [0.15, 0.2) is 0 Å². The monoisotopic (exact) mass is 169 g/mol. The number of hydrogen-bond acceptors (Lipinski definition) is 1. The Morgan fingerprint density at radius 2 is 1.83 bits per heavy atom. The summed E-state index contributed by atoms with van der Waals surface area (Å²) < 4.78 is 0. The largest absolute Gasteiger partial charge is 0.352 e. The van der Waals surface area contributed by atoms with Crippen LogP contribution in [-0.2, 0) is 4.79 Å². The normalized spacial score (nSPS) is 20.1. The molecule has 0 aromatic carbocycles. The van der Waals surface area contributed by atoms with Crippen LogP contribution in [0.1, 0.15) is 38.5 Å². The number of nitrogens with one attached hydrogen (secondary N) is 2. The molecule has 1 aliphatic carbocycles. The first-order valence-electron chi connectivity index (χ1n) is 4.77. The van der Waals surface area contributed by atoms with E-state index < -0.39 is 0 Å². The first kappa shape index (κ1) is 9.52. The van der Waals surface area contributed by atoms with E-state index in [2.05, 4.69) is 5.32 Å². The second-order valence-corrected chi connectivity index (χ2v) is 3.43. The summed E-state index contributed by atoms with van der Waals surface area (Å²) in [6, 6.07) is 0.352. The Bertz CT molecular complexity index is 139. The molecule has 1 amide bonds. The summed E-state index contributed by atoms with van der Waals surface area (Å²) in [5.74, 6) is -0.123. The summed E-state index contributed by atoms with van der Waals surface area (Å²) in [7, 11) is 0. The zero-order valence-electron chi connectivity index (χ0n) is 7.44. The lowest BCUT2D eigenvalue weighted by molar-refractivity contribution is -0.120. The van der Waals surface area contributed by atoms with E-state index >= 15 is 0 Å². The molecule has 2 N–H and O–H groups in total. The summed E-state index contributed by atoms with van der Waals surface area (Å²) in [5, 5.41) is 2.88. The van der Waals surface area contributed by atoms with Gasteiger partial charge in [0.05, 0.1) is 6.54 Å². The van der Waals surface area contributed by atoms with Crippen molar-refractivity contribution < 1.29 is 4.79 Å². The smallest absolute Gasteiger partial charge is 0.235 e. The standard InChI is InChI=1S/C9H17N2O/c10-7-9(12)11-8-5-3-1-2-4-6-8/h8,10H,1-7H2,(H,11,12). The van der Waals surface area contributed by atoms with Crippen LogP contribution in [-0.4, -0.2) is 18.5 Å². The molecule has 3 nitrogen and oxygen atoms in total. The zero-order chi connectivity index (χ0) is 8.81. The Labute approximate surface area is 73.7 Å². The van der Waals surface area contributed by atoms with Gasteiger partial charge in [-0.05, 0) is 12.8 Å². The van der Waals surface area contributed by atoms with E-state index in [9.17, 15) is 4.79 Å². The maximum Gasteiger partial charge on any atom is 0.235 e. The highest BCUT2D eigenvalue weighted by molar-refractivity contribution is 5.77. The van der Waals surface area contributed by atoms with E-state index in [1.165, 1.54) is 25.7 Å². The molecule has 1 fully saturated rings. The number of amides is 1. The van der Waals surface area contributed by atoms with Gasteiger partial charge in [-0.15, -0.1) is 0 Å². The highest BCUT2D eigenvalue weighted by atomic mass is 16.1. The number of carbonyl (C=O) groups excluding carboxylic acids is 1. The van der Waals surface area contributed by atoms with Crippen molar-refractivity contribution in [1.29, 1.82) is 0 Å². The minimum Gasteiger partial charge on any atom is -0.352 e. The van der Waals surface area contributed by atoms with Crippen LogP contribution in [0.5, 0.6) is 0 Å². The highest BCUT2D eigenvalue weighted by Crippen LogP contribution is 2.16. The third-order valence-electron chi connectivity index (χ3n) is 2.38. The lowest BCUT2D eigenvalue weighted by atomic mass is 10.1. The van der Waals surface area contributed by atoms with Gasteiger partial charge in [-0.3, -0.25) is 4.79 Å². The van der Waals surface area contributed by atoms with Gasteiger partial charge in [-0.1, -0.05) is 25.7 Å². The van der Waals surface area contributed by atoms with E-state index in [4.69, 9.17) is 5.73 Å². The number of hydrogen-bond donors (Lipinski definition) is 1. The summed E-state index contributed by atoms with van der Waals surface area (Å²) >= 11 is 0. The molecular formula is C9H17N2O. The van der Waals surface area contributed by atoms with Crippen molar-refractivity contribution in [2.45, 2.75) is 44.6 Å². The first-order chi connectivity index (χ1) is 5.83. The minimum absolute atomic E-state index is 0.123. The fraction of sp³-hybridized carbons (Fsp3) is 0.889. The van der Waals surface area contributed by atoms with Crippen molar-refractivity contribution in [1.82, 2.24) is 11.1 Å². The second-order valence-electron chi connectivity index (χ2n) is 3.43. The Balaban J connectivity index is 2.24. The Morgan fingerprint density at radius 1 is 1.25 bits per heavy atom. The molecule has 3 heteroatoms. The number of rotatable bonds is 2. The van der Waals surface area contributed by atoms with Crippen LogP contribution >= 0.6 is 0 Å². The first-order valence-corrected chi connectivity index (χ1v) is 4.77. The third kappa shape index (κ3) is 3.22. The molecule has 0 aromatic heterocycles. The van der Waals surface area contributed by atoms with Crippen molar-refractivity contribution in [3.63, 3.8) is 0 Å². The topological polar surface area (TPSA) is 52.9 Å². The maximum atomic E-state index is 10.9. The fourth-order valence-corrected chi connectivity index (χ4v) is 1.70. The summed E-state index contributed by atoms with van der Waals surface area (Å²) in [6.45, 7) is -0.128. The quantitative estimate of drug-likeness (QED) is 0.618. The lowest BCUT2D eigenvalue weighted by Gasteiger charge is -2.14. The highest BCUT2D eigenvalue weighted by Gasteiger charge is 2.13. The van der Waals surface area contributed by atoms with Crippen LogP contribution in [0.2, 0.25) is 0 Å². The van der Waals surface area contributed by atoms with Gasteiger partial charge in [0.25, 0.3) is 0 Å². The second kappa shape index (κ2) is 5.14.